The molecule has 0 heterocycles. The first-order chi connectivity index (χ1) is 7.12. The van der Waals surface area contributed by atoms with E-state index in [1.54, 1.807) is 0 Å². The number of nitrogens with zero attached hydrogens (tertiary/aromatic N) is 1. The molecule has 0 aliphatic heterocycles. The van der Waals surface area contributed by atoms with Crippen molar-refractivity contribution >= 4 is 22.8 Å². The molecule has 11 nitrogen and oxygen atoms in total. The van der Waals surface area contributed by atoms with Crippen LogP contribution in [0.15, 0.2) is 0 Å². The van der Waals surface area contributed by atoms with Crippen LogP contribution >= 0.6 is 22.8 Å². The minimum absolute atomic E-state index is 0. The summed E-state index contributed by atoms with van der Waals surface area (Å²) in [5.41, 5.74) is 0. The van der Waals surface area contributed by atoms with Crippen molar-refractivity contribution < 1.29 is 202 Å². The molecule has 3 N–H and O–H groups in total. The van der Waals surface area contributed by atoms with E-state index in [2.05, 4.69) is 0 Å². The molecule has 0 aromatic rings. The molecule has 0 aliphatic rings. The first-order valence-corrected chi connectivity index (χ1v) is 9.06. The summed E-state index contributed by atoms with van der Waals surface area (Å²) >= 11 is 0. The van der Waals surface area contributed by atoms with Crippen LogP contribution in [0.1, 0.15) is 0 Å². The second kappa shape index (κ2) is 12.6. The Labute approximate surface area is 242 Å². The third-order valence-corrected chi connectivity index (χ3v) is 3.93. The van der Waals surface area contributed by atoms with E-state index in [1.165, 1.54) is 0 Å². The molecular weight excluding hydrogens is 420 g/mol. The predicted molar refractivity (Wildman–Crippen MR) is 47.7 cm³/mol. The second-order valence-corrected chi connectivity index (χ2v) is 8.07. The molecule has 0 aliphatic carbocycles. The van der Waals surface area contributed by atoms with E-state index in [9.17, 15) is 33.6 Å². The van der Waals surface area contributed by atoms with Crippen LogP contribution in [0.5, 0.6) is 0 Å². The first kappa shape index (κ1) is 32.9. The summed E-state index contributed by atoms with van der Waals surface area (Å²) in [6.07, 6.45) is -5.44. The molecule has 0 bridgehead atoms. The number of quaternary nitrogens is 1. The largest absolute Gasteiger partial charge is 1.00 e. The Hall–Kier alpha value is 5.28. The molecule has 0 aromatic heterocycles. The molecule has 0 aromatic carbocycles. The fourth-order valence-electron chi connectivity index (χ4n) is 1.11. The molecule has 3 unspecified atom stereocenters. The van der Waals surface area contributed by atoms with Gasteiger partial charge in [0, 0.05) is 0 Å². The van der Waals surface area contributed by atoms with Gasteiger partial charge in [0.05, 0.1) is 0 Å². The zero-order chi connectivity index (χ0) is 14.1. The Morgan fingerprint density at radius 1 is 0.700 bits per heavy atom. The van der Waals surface area contributed by atoms with Gasteiger partial charge in [-0.1, -0.05) is 0 Å². The van der Waals surface area contributed by atoms with Crippen LogP contribution in [0.4, 0.5) is 0 Å². The Kier molecular flexibility index (Phi) is 20.8. The smallest absolute Gasteiger partial charge is 0.775 e. The third kappa shape index (κ3) is 21.3. The molecule has 20 heavy (non-hydrogen) atoms. The molecule has 0 saturated heterocycles. The summed E-state index contributed by atoms with van der Waals surface area (Å²) in [6, 6.07) is 0. The molecule has 0 radical (unpaired) electrons. The van der Waals surface area contributed by atoms with Crippen LogP contribution in [-0.4, -0.2) is 38.2 Å². The number of hydroxylamine groups is 3. The molecule has 0 rings (SSSR count). The summed E-state index contributed by atoms with van der Waals surface area (Å²) < 4.78 is 28.8. The van der Waals surface area contributed by atoms with Crippen molar-refractivity contribution in [2.45, 2.75) is 0 Å². The van der Waals surface area contributed by atoms with Gasteiger partial charge in [0.1, 0.15) is 18.9 Å². The predicted octanol–water partition coefficient (Wildman–Crippen LogP) is -12.2. The molecule has 17 heteroatoms. The number of rotatable bonds is 6. The van der Waals surface area contributed by atoms with E-state index in [0.29, 0.717) is 0 Å². The van der Waals surface area contributed by atoms with Gasteiger partial charge in [0.15, 0.2) is 22.8 Å². The minimum atomic E-state index is -5.29. The van der Waals surface area contributed by atoms with E-state index in [-0.39, 0.29) is 154 Å². The zero-order valence-corrected chi connectivity index (χ0v) is 23.2. The van der Waals surface area contributed by atoms with Crippen molar-refractivity contribution in [2.75, 3.05) is 18.9 Å². The first-order valence-electron chi connectivity index (χ1n) is 3.78. The van der Waals surface area contributed by atoms with Gasteiger partial charge < -0.3 is 52.9 Å². The fraction of sp³-hybridized carbons (Fsp3) is 1.00. The average molecular weight is 429 g/mol. The van der Waals surface area contributed by atoms with E-state index < -0.39 is 46.3 Å². The standard InChI is InChI=1S/C3H12NO10P3.3K/c5-4(1-15(6,7)8,2-16(9,10)11)3-17(12,13)14;;;/h1-3H2,(H2,6,7,8)(H2,9,10,11)(H2,12,13,14);;;/q;3*+1/p-3. The fourth-order valence-corrected chi connectivity index (χ4v) is 4.14. The maximum absolute atomic E-state index is 11.5. The Bertz CT molecular complexity index is 353. The second-order valence-electron chi connectivity index (χ2n) is 3.39. The maximum atomic E-state index is 11.5. The number of hydrogen-bond acceptors (Lipinski definition) is 7. The van der Waals surface area contributed by atoms with Gasteiger partial charge in [-0.25, -0.2) is 0 Å². The molecule has 0 saturated carbocycles. The molecule has 0 fully saturated rings. The van der Waals surface area contributed by atoms with E-state index in [4.69, 9.17) is 14.7 Å². The van der Waals surface area contributed by atoms with Gasteiger partial charge in [-0.3, -0.25) is 0 Å². The zero-order valence-electron chi connectivity index (χ0n) is 11.1. The van der Waals surface area contributed by atoms with Crippen molar-refractivity contribution in [1.82, 2.24) is 0 Å². The summed E-state index contributed by atoms with van der Waals surface area (Å²) in [6.45, 7) is 0. The topological polar surface area (TPSA) is 204 Å². The van der Waals surface area contributed by atoms with Crippen LogP contribution in [0.3, 0.4) is 0 Å². The van der Waals surface area contributed by atoms with E-state index in [1.807, 2.05) is 0 Å². The number of hydrogen-bond donors (Lipinski definition) is 3. The molecule has 0 spiro atoms. The summed E-state index contributed by atoms with van der Waals surface area (Å²) in [5, 5.41) is 11.5. The Morgan fingerprint density at radius 3 is 0.950 bits per heavy atom. The molecule has 0 amide bonds. The van der Waals surface area contributed by atoms with Crippen molar-refractivity contribution in [3.05, 3.63) is 5.21 Å². The molecule has 3 atom stereocenters. The summed E-state index contributed by atoms with van der Waals surface area (Å²) in [7, 11) is -15.9. The summed E-state index contributed by atoms with van der Waals surface area (Å²) in [4.78, 5) is 56.5. The quantitative estimate of drug-likeness (QED) is 0.157. The van der Waals surface area contributed by atoms with Crippen LogP contribution < -0.4 is 169 Å². The van der Waals surface area contributed by atoms with Crippen LogP contribution in [0.2, 0.25) is 0 Å². The van der Waals surface area contributed by atoms with E-state index >= 15 is 0 Å². The SMILES string of the molecule is O=P([O-])(O)C[N+]([O-])(CP(=O)([O-])O)CP(=O)([O-])O.[K+].[K+].[K+]. The Morgan fingerprint density at radius 2 is 0.850 bits per heavy atom. The van der Waals surface area contributed by atoms with Gasteiger partial charge in [-0.2, -0.15) is 0 Å². The van der Waals surface area contributed by atoms with Crippen molar-refractivity contribution in [1.29, 1.82) is 0 Å². The third-order valence-electron chi connectivity index (χ3n) is 1.31. The Balaban J connectivity index is -0.000000427. The maximum Gasteiger partial charge on any atom is 1.00 e. The van der Waals surface area contributed by atoms with Gasteiger partial charge in [-0.05, 0) is 0 Å². The molecular formula is C3H9K3NO10P3. The summed E-state index contributed by atoms with van der Waals surface area (Å²) in [5.74, 6) is 0. The normalized spacial score (nSPS) is 22.4. The molecule has 104 valence electrons. The average Bonchev–Trinajstić information content (AvgIpc) is 1.65. The van der Waals surface area contributed by atoms with Crippen LogP contribution in [0.25, 0.3) is 0 Å². The monoisotopic (exact) mass is 429 g/mol. The van der Waals surface area contributed by atoms with Crippen molar-refractivity contribution in [3.63, 3.8) is 0 Å². The van der Waals surface area contributed by atoms with Crippen LogP contribution in [-0.2, 0) is 13.7 Å². The van der Waals surface area contributed by atoms with Crippen molar-refractivity contribution in [2.24, 2.45) is 0 Å². The van der Waals surface area contributed by atoms with Gasteiger partial charge in [-0.15, -0.1) is 0 Å². The van der Waals surface area contributed by atoms with Gasteiger partial charge in [0.25, 0.3) is 0 Å². The van der Waals surface area contributed by atoms with E-state index in [0.717, 1.165) is 0 Å². The van der Waals surface area contributed by atoms with Crippen LogP contribution in [0, 0.1) is 5.21 Å². The van der Waals surface area contributed by atoms with Gasteiger partial charge in [0.2, 0.25) is 0 Å². The van der Waals surface area contributed by atoms with Crippen molar-refractivity contribution in [3.8, 4) is 0 Å². The minimum Gasteiger partial charge on any atom is -0.775 e. The van der Waals surface area contributed by atoms with Gasteiger partial charge >= 0.3 is 154 Å².